The molecule has 0 spiro atoms. The molecule has 0 heterocycles. The molecule has 0 aliphatic rings. The van der Waals surface area contributed by atoms with Gasteiger partial charge >= 0.3 is 0 Å². The van der Waals surface area contributed by atoms with Crippen molar-refractivity contribution in [1.29, 1.82) is 0 Å². The highest BCUT2D eigenvalue weighted by Crippen LogP contribution is 2.27. The Morgan fingerprint density at radius 3 is 2.60 bits per heavy atom. The Morgan fingerprint density at radius 1 is 1.07 bits per heavy atom. The van der Waals surface area contributed by atoms with Crippen molar-refractivity contribution in [1.82, 2.24) is 0 Å². The van der Waals surface area contributed by atoms with E-state index in [4.69, 9.17) is 12.6 Å². The van der Waals surface area contributed by atoms with Crippen LogP contribution in [-0.4, -0.2) is 5.75 Å². The molecule has 0 N–H and O–H groups in total. The molecule has 0 saturated heterocycles. The van der Waals surface area contributed by atoms with E-state index in [0.717, 1.165) is 12.2 Å². The molecule has 0 saturated carbocycles. The number of hydrogen-bond donors (Lipinski definition) is 0. The lowest BCUT2D eigenvalue weighted by molar-refractivity contribution is 0.748. The maximum atomic E-state index is 5.05. The molecular weight excluding hydrogens is 200 g/mol. The normalized spacial score (nSPS) is 12.9. The largest absolute Gasteiger partial charge is 0.0941 e. The van der Waals surface area contributed by atoms with Gasteiger partial charge in [-0.2, -0.15) is 0 Å². The van der Waals surface area contributed by atoms with Gasteiger partial charge in [-0.15, -0.1) is 0 Å². The molecule has 1 atom stereocenters. The molecule has 2 rings (SSSR count). The van der Waals surface area contributed by atoms with Crippen molar-refractivity contribution in [2.24, 2.45) is 0 Å². The first-order valence-corrected chi connectivity index (χ1v) is 5.96. The molecule has 0 aliphatic heterocycles. The van der Waals surface area contributed by atoms with Crippen molar-refractivity contribution in [3.8, 4) is 0 Å². The highest BCUT2D eigenvalue weighted by Gasteiger charge is 2.07. The predicted molar refractivity (Wildman–Crippen MR) is 69.4 cm³/mol. The van der Waals surface area contributed by atoms with Crippen molar-refractivity contribution in [3.05, 3.63) is 48.0 Å². The molecule has 2 aromatic carbocycles. The first kappa shape index (κ1) is 10.6. The van der Waals surface area contributed by atoms with Gasteiger partial charge < -0.3 is 0 Å². The van der Waals surface area contributed by atoms with E-state index in [-0.39, 0.29) is 0 Å². The van der Waals surface area contributed by atoms with Crippen LogP contribution in [0.25, 0.3) is 10.8 Å². The van der Waals surface area contributed by atoms with Crippen LogP contribution in [0.3, 0.4) is 0 Å². The minimum absolute atomic E-state index is 0.564. The van der Waals surface area contributed by atoms with E-state index in [9.17, 15) is 0 Å². The van der Waals surface area contributed by atoms with Crippen LogP contribution in [0.1, 0.15) is 24.8 Å². The highest BCUT2D eigenvalue weighted by molar-refractivity contribution is 7.80. The van der Waals surface area contributed by atoms with Crippen LogP contribution in [0, 0.1) is 0 Å². The molecule has 1 heteroatoms. The number of rotatable bonds is 3. The quantitative estimate of drug-likeness (QED) is 0.705. The van der Waals surface area contributed by atoms with Gasteiger partial charge in [-0.3, -0.25) is 0 Å². The third kappa shape index (κ3) is 2.18. The van der Waals surface area contributed by atoms with E-state index in [2.05, 4.69) is 49.4 Å². The van der Waals surface area contributed by atoms with Crippen molar-refractivity contribution in [2.75, 3.05) is 5.75 Å². The Balaban J connectivity index is 2.50. The lowest BCUT2D eigenvalue weighted by Crippen LogP contribution is -1.95. The van der Waals surface area contributed by atoms with E-state index < -0.39 is 0 Å². The first-order chi connectivity index (χ1) is 7.33. The molecule has 15 heavy (non-hydrogen) atoms. The standard InChI is InChI=1S/C14H15S/c1-11(9-10-15)13-8-4-6-12-5-2-3-7-14(12)13/h2-8,11H,9-10H2,1H3. The summed E-state index contributed by atoms with van der Waals surface area (Å²) in [4.78, 5) is 0. The molecule has 1 unspecified atom stereocenters. The molecular formula is C14H15S. The second-order valence-corrected chi connectivity index (χ2v) is 4.37. The molecule has 0 nitrogen and oxygen atoms in total. The Bertz CT molecular complexity index is 443. The molecule has 77 valence electrons. The van der Waals surface area contributed by atoms with Crippen LogP contribution in [-0.2, 0) is 0 Å². The minimum Gasteiger partial charge on any atom is -0.0941 e. The van der Waals surface area contributed by atoms with Gasteiger partial charge in [-0.1, -0.05) is 62.0 Å². The number of benzene rings is 2. The summed E-state index contributed by atoms with van der Waals surface area (Å²) >= 11 is 5.05. The number of hydrogen-bond acceptors (Lipinski definition) is 0. The third-order valence-electron chi connectivity index (χ3n) is 2.91. The summed E-state index contributed by atoms with van der Waals surface area (Å²) in [5, 5.41) is 2.70. The summed E-state index contributed by atoms with van der Waals surface area (Å²) in [6, 6.07) is 15.1. The Morgan fingerprint density at radius 2 is 1.80 bits per heavy atom. The van der Waals surface area contributed by atoms with Crippen LogP contribution >= 0.6 is 12.6 Å². The molecule has 0 aliphatic carbocycles. The average Bonchev–Trinajstić information content (AvgIpc) is 2.28. The van der Waals surface area contributed by atoms with Gasteiger partial charge in [0.2, 0.25) is 0 Å². The van der Waals surface area contributed by atoms with Gasteiger partial charge in [-0.05, 0) is 28.7 Å². The van der Waals surface area contributed by atoms with Gasteiger partial charge in [0.25, 0.3) is 0 Å². The van der Waals surface area contributed by atoms with Gasteiger partial charge in [0.15, 0.2) is 0 Å². The fourth-order valence-electron chi connectivity index (χ4n) is 2.01. The fraction of sp³-hybridized carbons (Fsp3) is 0.286. The van der Waals surface area contributed by atoms with Crippen molar-refractivity contribution < 1.29 is 0 Å². The zero-order valence-corrected chi connectivity index (χ0v) is 9.76. The smallest absolute Gasteiger partial charge is 0.00426 e. The highest BCUT2D eigenvalue weighted by atomic mass is 32.1. The summed E-state index contributed by atoms with van der Waals surface area (Å²) in [5.74, 6) is 1.40. The van der Waals surface area contributed by atoms with Crippen LogP contribution in [0.2, 0.25) is 0 Å². The van der Waals surface area contributed by atoms with Crippen molar-refractivity contribution in [3.63, 3.8) is 0 Å². The molecule has 0 bridgehead atoms. The van der Waals surface area contributed by atoms with E-state index >= 15 is 0 Å². The van der Waals surface area contributed by atoms with Crippen molar-refractivity contribution >= 4 is 23.4 Å². The van der Waals surface area contributed by atoms with E-state index in [1.54, 1.807) is 0 Å². The summed E-state index contributed by atoms with van der Waals surface area (Å²) in [5.41, 5.74) is 1.43. The summed E-state index contributed by atoms with van der Waals surface area (Å²) < 4.78 is 0. The number of fused-ring (bicyclic) bond motifs is 1. The fourth-order valence-corrected chi connectivity index (χ4v) is 2.37. The predicted octanol–water partition coefficient (Wildman–Crippen LogP) is 4.53. The van der Waals surface area contributed by atoms with Crippen LogP contribution in [0.4, 0.5) is 0 Å². The average molecular weight is 215 g/mol. The second-order valence-electron chi connectivity index (χ2n) is 3.96. The Labute approximate surface area is 96.7 Å². The minimum atomic E-state index is 0.564. The summed E-state index contributed by atoms with van der Waals surface area (Å²) in [7, 11) is 0. The zero-order valence-electron chi connectivity index (χ0n) is 8.94. The molecule has 1 radical (unpaired) electrons. The topological polar surface area (TPSA) is 0 Å². The lowest BCUT2D eigenvalue weighted by Gasteiger charge is -2.13. The van der Waals surface area contributed by atoms with Gasteiger partial charge in [-0.25, -0.2) is 0 Å². The molecule has 0 amide bonds. The Kier molecular flexibility index (Phi) is 3.32. The monoisotopic (exact) mass is 215 g/mol. The SMILES string of the molecule is CC(CC[S])c1cccc2ccccc12. The maximum Gasteiger partial charge on any atom is 0.00426 e. The van der Waals surface area contributed by atoms with Crippen molar-refractivity contribution in [2.45, 2.75) is 19.3 Å². The van der Waals surface area contributed by atoms with Gasteiger partial charge in [0.05, 0.1) is 0 Å². The second kappa shape index (κ2) is 4.71. The van der Waals surface area contributed by atoms with E-state index in [0.29, 0.717) is 5.92 Å². The third-order valence-corrected chi connectivity index (χ3v) is 3.14. The first-order valence-electron chi connectivity index (χ1n) is 5.38. The summed E-state index contributed by atoms with van der Waals surface area (Å²) in [6.07, 6.45) is 1.09. The molecule has 0 aromatic heterocycles. The van der Waals surface area contributed by atoms with E-state index in [1.165, 1.54) is 16.3 Å². The maximum absolute atomic E-state index is 5.05. The molecule has 2 aromatic rings. The lowest BCUT2D eigenvalue weighted by atomic mass is 9.93. The summed E-state index contributed by atoms with van der Waals surface area (Å²) in [6.45, 7) is 2.26. The van der Waals surface area contributed by atoms with E-state index in [1.807, 2.05) is 0 Å². The molecule has 0 fully saturated rings. The van der Waals surface area contributed by atoms with Gasteiger partial charge in [0, 0.05) is 5.75 Å². The van der Waals surface area contributed by atoms with Gasteiger partial charge in [0.1, 0.15) is 0 Å². The Hall–Kier alpha value is -0.950. The van der Waals surface area contributed by atoms with Crippen LogP contribution in [0.5, 0.6) is 0 Å². The zero-order chi connectivity index (χ0) is 10.7. The van der Waals surface area contributed by atoms with Crippen LogP contribution in [0.15, 0.2) is 42.5 Å². The van der Waals surface area contributed by atoms with Crippen LogP contribution < -0.4 is 0 Å².